The molecule has 1 amide bonds. The van der Waals surface area contributed by atoms with Gasteiger partial charge in [0.25, 0.3) is 0 Å². The summed E-state index contributed by atoms with van der Waals surface area (Å²) in [5, 5.41) is 5.93. The van der Waals surface area contributed by atoms with Gasteiger partial charge in [0.1, 0.15) is 5.82 Å². The number of halogens is 2. The molecule has 1 aromatic heterocycles. The Labute approximate surface area is 110 Å². The van der Waals surface area contributed by atoms with Crippen molar-refractivity contribution in [3.8, 4) is 0 Å². The van der Waals surface area contributed by atoms with Gasteiger partial charge >= 0.3 is 0 Å². The van der Waals surface area contributed by atoms with Crippen LogP contribution in [0.25, 0.3) is 0 Å². The predicted octanol–water partition coefficient (Wildman–Crippen LogP) is 0.532. The van der Waals surface area contributed by atoms with Gasteiger partial charge in [0.05, 0.1) is 12.6 Å². The molecule has 0 unspecified atom stereocenters. The smallest absolute Gasteiger partial charge is 0.238 e. The Morgan fingerprint density at radius 1 is 1.62 bits per heavy atom. The van der Waals surface area contributed by atoms with Gasteiger partial charge in [-0.1, -0.05) is 0 Å². The van der Waals surface area contributed by atoms with Crippen LogP contribution in [0.1, 0.15) is 5.82 Å². The van der Waals surface area contributed by atoms with E-state index in [1.54, 1.807) is 24.2 Å². The molecule has 0 spiro atoms. The van der Waals surface area contributed by atoms with Gasteiger partial charge in [-0.05, 0) is 0 Å². The van der Waals surface area contributed by atoms with Crippen LogP contribution in [0.3, 0.4) is 0 Å². The highest BCUT2D eigenvalue weighted by Gasteiger charge is 2.21. The summed E-state index contributed by atoms with van der Waals surface area (Å²) < 4.78 is 0. The number of thioether (sulfide) groups is 1. The van der Waals surface area contributed by atoms with Crippen molar-refractivity contribution in [2.45, 2.75) is 12.6 Å². The molecule has 2 heterocycles. The molecule has 1 aliphatic heterocycles. The Bertz CT molecular complexity index is 303. The lowest BCUT2D eigenvalue weighted by molar-refractivity contribution is -0.122. The number of amides is 1. The van der Waals surface area contributed by atoms with E-state index in [9.17, 15) is 4.79 Å². The summed E-state index contributed by atoms with van der Waals surface area (Å²) in [5.41, 5.74) is 0. The van der Waals surface area contributed by atoms with Crippen molar-refractivity contribution in [2.75, 3.05) is 11.6 Å². The normalized spacial score (nSPS) is 18.4. The number of H-pyrrole nitrogens is 1. The van der Waals surface area contributed by atoms with Crippen molar-refractivity contribution in [2.24, 2.45) is 0 Å². The number of hydrogen-bond donors (Lipinski definition) is 3. The van der Waals surface area contributed by atoms with Crippen molar-refractivity contribution in [3.63, 3.8) is 0 Å². The van der Waals surface area contributed by atoms with E-state index in [1.165, 1.54) is 0 Å². The summed E-state index contributed by atoms with van der Waals surface area (Å²) >= 11 is 1.74. The van der Waals surface area contributed by atoms with Gasteiger partial charge in [0, 0.05) is 24.0 Å². The van der Waals surface area contributed by atoms with Crippen LogP contribution in [-0.2, 0) is 11.3 Å². The van der Waals surface area contributed by atoms with Crippen LogP contribution < -0.4 is 10.6 Å². The first-order chi connectivity index (χ1) is 6.86. The summed E-state index contributed by atoms with van der Waals surface area (Å²) in [4.78, 5) is 18.5. The topological polar surface area (TPSA) is 69.8 Å². The zero-order valence-corrected chi connectivity index (χ0v) is 10.9. The molecule has 1 aromatic rings. The standard InChI is InChI=1S/C8H12N4OS.2ClH/c13-8(6-4-14-5-12-6)11-3-7-9-1-2-10-7;;/h1-2,6,12H,3-5H2,(H,9,10)(H,11,13);2*1H/t6-;;/m1../s1. The second kappa shape index (κ2) is 7.78. The van der Waals surface area contributed by atoms with Crippen molar-refractivity contribution in [3.05, 3.63) is 18.2 Å². The third-order valence-electron chi connectivity index (χ3n) is 2.02. The van der Waals surface area contributed by atoms with E-state index in [4.69, 9.17) is 0 Å². The first-order valence-electron chi connectivity index (χ1n) is 4.43. The lowest BCUT2D eigenvalue weighted by atomic mass is 10.3. The second-order valence-electron chi connectivity index (χ2n) is 3.03. The van der Waals surface area contributed by atoms with Crippen molar-refractivity contribution in [1.29, 1.82) is 0 Å². The first-order valence-corrected chi connectivity index (χ1v) is 5.59. The summed E-state index contributed by atoms with van der Waals surface area (Å²) in [6.07, 6.45) is 3.41. The minimum absolute atomic E-state index is 0. The average Bonchev–Trinajstić information content (AvgIpc) is 2.87. The highest BCUT2D eigenvalue weighted by atomic mass is 35.5. The number of carbonyl (C=O) groups excluding carboxylic acids is 1. The van der Waals surface area contributed by atoms with Gasteiger partial charge in [-0.25, -0.2) is 4.98 Å². The number of nitrogens with one attached hydrogen (secondary N) is 3. The molecule has 1 aliphatic rings. The lowest BCUT2D eigenvalue weighted by Gasteiger charge is -2.08. The SMILES string of the molecule is Cl.Cl.O=C(NCc1ncc[nH]1)[C@H]1CSCN1. The van der Waals surface area contributed by atoms with Gasteiger partial charge < -0.3 is 10.3 Å². The molecule has 2 rings (SSSR count). The zero-order chi connectivity index (χ0) is 9.80. The van der Waals surface area contributed by atoms with Crippen molar-refractivity contribution < 1.29 is 4.79 Å². The van der Waals surface area contributed by atoms with Gasteiger partial charge in [-0.15, -0.1) is 36.6 Å². The number of carbonyl (C=O) groups is 1. The Morgan fingerprint density at radius 2 is 2.44 bits per heavy atom. The maximum atomic E-state index is 11.5. The molecule has 8 heteroatoms. The fourth-order valence-corrected chi connectivity index (χ4v) is 2.19. The maximum absolute atomic E-state index is 11.5. The van der Waals surface area contributed by atoms with Crippen molar-refractivity contribution >= 4 is 42.5 Å². The molecule has 1 fully saturated rings. The van der Waals surface area contributed by atoms with Crippen LogP contribution in [0.4, 0.5) is 0 Å². The molecule has 0 bridgehead atoms. The van der Waals surface area contributed by atoms with Crippen LogP contribution in [0, 0.1) is 0 Å². The van der Waals surface area contributed by atoms with Crippen molar-refractivity contribution in [1.82, 2.24) is 20.6 Å². The van der Waals surface area contributed by atoms with E-state index < -0.39 is 0 Å². The van der Waals surface area contributed by atoms with Crippen LogP contribution in [0.5, 0.6) is 0 Å². The van der Waals surface area contributed by atoms with Crippen LogP contribution >= 0.6 is 36.6 Å². The Morgan fingerprint density at radius 3 is 3.00 bits per heavy atom. The van der Waals surface area contributed by atoms with Gasteiger partial charge in [-0.3, -0.25) is 10.1 Å². The number of aromatic amines is 1. The van der Waals surface area contributed by atoms with E-state index in [1.807, 2.05) is 0 Å². The van der Waals surface area contributed by atoms with Crippen LogP contribution in [0.2, 0.25) is 0 Å². The highest BCUT2D eigenvalue weighted by molar-refractivity contribution is 7.99. The molecule has 3 N–H and O–H groups in total. The molecule has 5 nitrogen and oxygen atoms in total. The molecule has 0 aromatic carbocycles. The average molecular weight is 285 g/mol. The molecular formula is C8H14Cl2N4OS. The minimum atomic E-state index is -0.0463. The third kappa shape index (κ3) is 4.21. The maximum Gasteiger partial charge on any atom is 0.238 e. The third-order valence-corrected chi connectivity index (χ3v) is 2.96. The van der Waals surface area contributed by atoms with E-state index in [0.717, 1.165) is 17.5 Å². The van der Waals surface area contributed by atoms with Gasteiger partial charge in [0.2, 0.25) is 5.91 Å². The molecule has 0 aliphatic carbocycles. The van der Waals surface area contributed by atoms with E-state index in [2.05, 4.69) is 20.6 Å². The van der Waals surface area contributed by atoms with Crippen LogP contribution in [0.15, 0.2) is 12.4 Å². The van der Waals surface area contributed by atoms with Gasteiger partial charge in [0.15, 0.2) is 0 Å². The van der Waals surface area contributed by atoms with Gasteiger partial charge in [-0.2, -0.15) is 0 Å². The summed E-state index contributed by atoms with van der Waals surface area (Å²) in [7, 11) is 0. The summed E-state index contributed by atoms with van der Waals surface area (Å²) in [5.74, 6) is 2.54. The monoisotopic (exact) mass is 284 g/mol. The van der Waals surface area contributed by atoms with E-state index in [0.29, 0.717) is 6.54 Å². The quantitative estimate of drug-likeness (QED) is 0.758. The predicted molar refractivity (Wildman–Crippen MR) is 69.2 cm³/mol. The van der Waals surface area contributed by atoms with Crippen LogP contribution in [-0.4, -0.2) is 33.5 Å². The first kappa shape index (κ1) is 15.6. The fraction of sp³-hybridized carbons (Fsp3) is 0.500. The lowest BCUT2D eigenvalue weighted by Crippen LogP contribution is -2.41. The molecule has 0 radical (unpaired) electrons. The molecule has 0 saturated carbocycles. The number of nitrogens with zero attached hydrogens (tertiary/aromatic N) is 1. The number of hydrogen-bond acceptors (Lipinski definition) is 4. The Hall–Kier alpha value is -0.430. The minimum Gasteiger partial charge on any atom is -0.347 e. The molecule has 1 atom stereocenters. The van der Waals surface area contributed by atoms with E-state index >= 15 is 0 Å². The molecule has 1 saturated heterocycles. The Kier molecular flexibility index (Phi) is 7.57. The second-order valence-corrected chi connectivity index (χ2v) is 4.06. The zero-order valence-electron chi connectivity index (χ0n) is 8.43. The highest BCUT2D eigenvalue weighted by Crippen LogP contribution is 2.09. The summed E-state index contributed by atoms with van der Waals surface area (Å²) in [6.45, 7) is 0.467. The number of imidazole rings is 1. The van der Waals surface area contributed by atoms with E-state index in [-0.39, 0.29) is 36.8 Å². The number of rotatable bonds is 3. The largest absolute Gasteiger partial charge is 0.347 e. The molecular weight excluding hydrogens is 271 g/mol. The fourth-order valence-electron chi connectivity index (χ4n) is 1.25. The Balaban J connectivity index is 0.00000112. The summed E-state index contributed by atoms with van der Waals surface area (Å²) in [6, 6.07) is -0.0463. The number of aromatic nitrogens is 2. The molecule has 16 heavy (non-hydrogen) atoms. The molecule has 92 valence electrons.